The van der Waals surface area contributed by atoms with Crippen LogP contribution in [0.2, 0.25) is 0 Å². The van der Waals surface area contributed by atoms with Gasteiger partial charge in [0.1, 0.15) is 0 Å². The molecule has 0 fully saturated rings. The number of rotatable bonds is 2. The van der Waals surface area contributed by atoms with E-state index >= 15 is 0 Å². The normalized spacial score (nSPS) is 10.0. The number of carbonyl (C=O) groups is 1. The van der Waals surface area contributed by atoms with Crippen LogP contribution in [0.4, 0.5) is 0 Å². The molecule has 4 N–H and O–H groups in total. The Morgan fingerprint density at radius 1 is 1.70 bits per heavy atom. The zero-order valence-electron chi connectivity index (χ0n) is 5.00. The molecule has 0 saturated carbocycles. The molecule has 0 aromatic rings. The van der Waals surface area contributed by atoms with Crippen LogP contribution in [-0.4, -0.2) is 58.3 Å². The van der Waals surface area contributed by atoms with E-state index in [1.54, 1.807) is 0 Å². The second kappa shape index (κ2) is 5.06. The van der Waals surface area contributed by atoms with Gasteiger partial charge in [0, 0.05) is 6.92 Å². The summed E-state index contributed by atoms with van der Waals surface area (Å²) in [5.74, 6) is -3.27. The molecule has 0 unspecified atom stereocenters. The van der Waals surface area contributed by atoms with Crippen LogP contribution in [0, 0.1) is 0 Å². The van der Waals surface area contributed by atoms with Gasteiger partial charge >= 0.3 is 41.5 Å². The molecule has 5 nitrogen and oxygen atoms in total. The number of hydrogen-bond acceptors (Lipinski definition) is 5. The summed E-state index contributed by atoms with van der Waals surface area (Å²) in [5, 5.41) is 16.8. The SMILES string of the molecule is CC(O)(O)OC(=O)CN.[NaH]. The minimum absolute atomic E-state index is 0. The Labute approximate surface area is 80.5 Å². The van der Waals surface area contributed by atoms with Crippen molar-refractivity contribution in [3.8, 4) is 0 Å². The predicted octanol–water partition coefficient (Wildman–Crippen LogP) is -2.50. The fraction of sp³-hybridized carbons (Fsp3) is 0.750. The van der Waals surface area contributed by atoms with E-state index in [0.29, 0.717) is 0 Å². The number of ether oxygens (including phenoxy) is 1. The molecule has 0 aliphatic carbocycles. The first kappa shape index (κ1) is 13.0. The van der Waals surface area contributed by atoms with Crippen LogP contribution in [0.1, 0.15) is 6.92 Å². The Kier molecular flexibility index (Phi) is 6.57. The van der Waals surface area contributed by atoms with E-state index in [4.69, 9.17) is 15.9 Å². The van der Waals surface area contributed by atoms with Gasteiger partial charge in [-0.1, -0.05) is 0 Å². The van der Waals surface area contributed by atoms with Gasteiger partial charge < -0.3 is 20.7 Å². The summed E-state index contributed by atoms with van der Waals surface area (Å²) in [5.41, 5.74) is 4.78. The molecule has 10 heavy (non-hydrogen) atoms. The van der Waals surface area contributed by atoms with Gasteiger partial charge in [0.15, 0.2) is 0 Å². The molecule has 0 heterocycles. The first-order valence-electron chi connectivity index (χ1n) is 2.32. The fourth-order valence-electron chi connectivity index (χ4n) is 0.257. The molecule has 0 saturated heterocycles. The molecule has 0 spiro atoms. The third kappa shape index (κ3) is 8.35. The number of hydrogen-bond donors (Lipinski definition) is 3. The Balaban J connectivity index is 0. The van der Waals surface area contributed by atoms with Crippen LogP contribution in [-0.2, 0) is 9.53 Å². The summed E-state index contributed by atoms with van der Waals surface area (Å²) in [7, 11) is 0. The average Bonchev–Trinajstić information content (AvgIpc) is 1.62. The van der Waals surface area contributed by atoms with Gasteiger partial charge in [0.2, 0.25) is 0 Å². The summed E-state index contributed by atoms with van der Waals surface area (Å²) < 4.78 is 3.93. The van der Waals surface area contributed by atoms with Gasteiger partial charge in [-0.15, -0.1) is 0 Å². The molecular formula is C4H10NNaO4. The molecule has 0 radical (unpaired) electrons. The molecule has 56 valence electrons. The fourth-order valence-corrected chi connectivity index (χ4v) is 0.257. The van der Waals surface area contributed by atoms with Crippen LogP contribution in [0.5, 0.6) is 0 Å². The average molecular weight is 159 g/mol. The summed E-state index contributed by atoms with van der Waals surface area (Å²) >= 11 is 0. The van der Waals surface area contributed by atoms with E-state index in [-0.39, 0.29) is 36.1 Å². The van der Waals surface area contributed by atoms with E-state index in [0.717, 1.165) is 6.92 Å². The Morgan fingerprint density at radius 3 is 2.20 bits per heavy atom. The number of carbonyl (C=O) groups excluding carboxylic acids is 1. The molecule has 6 heteroatoms. The molecule has 0 aromatic carbocycles. The van der Waals surface area contributed by atoms with E-state index in [1.807, 2.05) is 0 Å². The Bertz CT molecular complexity index is 110. The van der Waals surface area contributed by atoms with Crippen molar-refractivity contribution in [2.75, 3.05) is 6.54 Å². The second-order valence-corrected chi connectivity index (χ2v) is 1.61. The van der Waals surface area contributed by atoms with E-state index in [9.17, 15) is 4.79 Å². The first-order chi connectivity index (χ1) is 3.95. The monoisotopic (exact) mass is 159 g/mol. The summed E-state index contributed by atoms with van der Waals surface area (Å²) in [6.45, 7) is 0.553. The Morgan fingerprint density at radius 2 is 2.10 bits per heavy atom. The predicted molar refractivity (Wildman–Crippen MR) is 35.1 cm³/mol. The number of esters is 1. The van der Waals surface area contributed by atoms with Crippen molar-refractivity contribution in [2.24, 2.45) is 5.73 Å². The minimum atomic E-state index is -2.41. The zero-order chi connectivity index (χ0) is 7.49. The molecule has 0 atom stereocenters. The van der Waals surface area contributed by atoms with Gasteiger partial charge in [-0.3, -0.25) is 4.79 Å². The third-order valence-electron chi connectivity index (χ3n) is 0.474. The maximum absolute atomic E-state index is 10.2. The van der Waals surface area contributed by atoms with Crippen LogP contribution in [0.3, 0.4) is 0 Å². The van der Waals surface area contributed by atoms with Crippen molar-refractivity contribution in [2.45, 2.75) is 12.9 Å². The Hall–Kier alpha value is 0.350. The van der Waals surface area contributed by atoms with Gasteiger partial charge in [-0.25, -0.2) is 0 Å². The van der Waals surface area contributed by atoms with E-state index in [2.05, 4.69) is 4.74 Å². The van der Waals surface area contributed by atoms with Crippen LogP contribution in [0.25, 0.3) is 0 Å². The summed E-state index contributed by atoms with van der Waals surface area (Å²) in [6, 6.07) is 0. The van der Waals surface area contributed by atoms with Gasteiger partial charge in [0.25, 0.3) is 0 Å². The van der Waals surface area contributed by atoms with Gasteiger partial charge in [-0.05, 0) is 0 Å². The molecule has 0 amide bonds. The standard InChI is InChI=1S/C4H9NO4.Na.H/c1-4(7,8)9-3(6)2-5;;/h7-8H,2,5H2,1H3;;. The van der Waals surface area contributed by atoms with Gasteiger partial charge in [-0.2, -0.15) is 0 Å². The number of aliphatic hydroxyl groups is 2. The quantitative estimate of drug-likeness (QED) is 0.235. The molecular weight excluding hydrogens is 149 g/mol. The maximum atomic E-state index is 10.2. The van der Waals surface area contributed by atoms with Crippen LogP contribution < -0.4 is 5.73 Å². The molecule has 0 aliphatic heterocycles. The zero-order valence-corrected chi connectivity index (χ0v) is 5.00. The van der Waals surface area contributed by atoms with Gasteiger partial charge in [0.05, 0.1) is 6.54 Å². The summed E-state index contributed by atoms with van der Waals surface area (Å²) in [6.07, 6.45) is 0. The topological polar surface area (TPSA) is 92.8 Å². The molecule has 0 aromatic heterocycles. The molecule has 0 aliphatic rings. The third-order valence-corrected chi connectivity index (χ3v) is 0.474. The van der Waals surface area contributed by atoms with Crippen molar-refractivity contribution in [1.29, 1.82) is 0 Å². The number of nitrogens with two attached hydrogens (primary N) is 1. The van der Waals surface area contributed by atoms with Crippen molar-refractivity contribution in [3.05, 3.63) is 0 Å². The van der Waals surface area contributed by atoms with Crippen molar-refractivity contribution in [3.63, 3.8) is 0 Å². The second-order valence-electron chi connectivity index (χ2n) is 1.61. The van der Waals surface area contributed by atoms with Crippen LogP contribution in [0.15, 0.2) is 0 Å². The first-order valence-corrected chi connectivity index (χ1v) is 2.32. The van der Waals surface area contributed by atoms with Crippen molar-refractivity contribution < 1.29 is 19.7 Å². The summed E-state index contributed by atoms with van der Waals surface area (Å²) in [4.78, 5) is 10.2. The molecule has 0 bridgehead atoms. The van der Waals surface area contributed by atoms with Crippen molar-refractivity contribution >= 4 is 35.5 Å². The van der Waals surface area contributed by atoms with E-state index in [1.165, 1.54) is 0 Å². The molecule has 0 rings (SSSR count). The van der Waals surface area contributed by atoms with Crippen LogP contribution >= 0.6 is 0 Å². The van der Waals surface area contributed by atoms with Crippen molar-refractivity contribution in [1.82, 2.24) is 0 Å². The van der Waals surface area contributed by atoms with E-state index < -0.39 is 11.9 Å².